The van der Waals surface area contributed by atoms with E-state index in [1.165, 1.54) is 11.5 Å². The molecule has 2 aromatic heterocycles. The van der Waals surface area contributed by atoms with Gasteiger partial charge in [-0.15, -0.1) is 0 Å². The highest BCUT2D eigenvalue weighted by Crippen LogP contribution is 2.40. The number of anilines is 2. The number of pyridine rings is 1. The summed E-state index contributed by atoms with van der Waals surface area (Å²) < 4.78 is 4.17. The van der Waals surface area contributed by atoms with Crippen LogP contribution < -0.4 is 10.6 Å². The number of aromatic nitrogens is 2. The Balaban J connectivity index is 2.00. The Bertz CT molecular complexity index is 564. The van der Waals surface area contributed by atoms with Gasteiger partial charge in [0, 0.05) is 31.0 Å². The normalized spacial score (nSPS) is 22.9. The molecule has 1 fully saturated rings. The Labute approximate surface area is 114 Å². The van der Waals surface area contributed by atoms with Gasteiger partial charge in [0.25, 0.3) is 0 Å². The molecule has 2 aromatic rings. The fourth-order valence-electron chi connectivity index (χ4n) is 2.23. The third-order valence-corrected chi connectivity index (χ3v) is 4.12. The summed E-state index contributed by atoms with van der Waals surface area (Å²) in [6, 6.07) is 3.75. The Hall–Kier alpha value is -1.70. The van der Waals surface area contributed by atoms with Gasteiger partial charge >= 0.3 is 0 Å². The highest BCUT2D eigenvalue weighted by molar-refractivity contribution is 7.11. The van der Waals surface area contributed by atoms with E-state index in [-0.39, 0.29) is 0 Å². The van der Waals surface area contributed by atoms with Gasteiger partial charge in [0.2, 0.25) is 0 Å². The molecule has 0 saturated carbocycles. The molecule has 100 valence electrons. The van der Waals surface area contributed by atoms with Gasteiger partial charge in [-0.2, -0.15) is 4.37 Å². The van der Waals surface area contributed by atoms with Crippen LogP contribution in [0.15, 0.2) is 24.5 Å². The molecule has 2 atom stereocenters. The van der Waals surface area contributed by atoms with Gasteiger partial charge in [-0.05, 0) is 17.6 Å². The smallest absolute Gasteiger partial charge is 0.147 e. The Morgan fingerprint density at radius 2 is 2.05 bits per heavy atom. The predicted octanol–water partition coefficient (Wildman–Crippen LogP) is 0.329. The highest BCUT2D eigenvalue weighted by Gasteiger charge is 2.32. The third kappa shape index (κ3) is 2.16. The molecule has 0 aromatic carbocycles. The van der Waals surface area contributed by atoms with Crippen LogP contribution in [0.25, 0.3) is 11.1 Å². The maximum absolute atomic E-state index is 9.65. The van der Waals surface area contributed by atoms with Crippen molar-refractivity contribution in [1.82, 2.24) is 9.36 Å². The fraction of sp³-hybridized carbons (Fsp3) is 0.333. The first-order valence-electron chi connectivity index (χ1n) is 5.93. The van der Waals surface area contributed by atoms with Crippen LogP contribution in [-0.2, 0) is 0 Å². The summed E-state index contributed by atoms with van der Waals surface area (Å²) in [4.78, 5) is 5.99. The fourth-order valence-corrected chi connectivity index (χ4v) is 3.08. The average Bonchev–Trinajstić information content (AvgIpc) is 2.95. The van der Waals surface area contributed by atoms with Crippen molar-refractivity contribution in [1.29, 1.82) is 0 Å². The van der Waals surface area contributed by atoms with Crippen molar-refractivity contribution < 1.29 is 10.2 Å². The average molecular weight is 278 g/mol. The van der Waals surface area contributed by atoms with Crippen molar-refractivity contribution in [3.05, 3.63) is 24.5 Å². The standard InChI is InChI=1S/C12H14N4O2S/c13-11-10(7-2-1-3-14-4-7)12(19-15-11)16-5-8(17)9(18)6-16/h1-4,8-9,17-18H,5-6H2,(H2,13,15). The minimum Gasteiger partial charge on any atom is -0.389 e. The van der Waals surface area contributed by atoms with Crippen LogP contribution in [0.4, 0.5) is 10.8 Å². The molecule has 1 aliphatic rings. The van der Waals surface area contributed by atoms with E-state index in [9.17, 15) is 10.2 Å². The molecule has 7 heteroatoms. The first kappa shape index (κ1) is 12.3. The Kier molecular flexibility index (Phi) is 3.09. The zero-order chi connectivity index (χ0) is 13.4. The molecule has 0 bridgehead atoms. The van der Waals surface area contributed by atoms with Crippen LogP contribution in [-0.4, -0.2) is 44.9 Å². The minimum absolute atomic E-state index is 0.385. The number of rotatable bonds is 2. The number of nitrogen functional groups attached to an aromatic ring is 1. The zero-order valence-corrected chi connectivity index (χ0v) is 10.9. The summed E-state index contributed by atoms with van der Waals surface area (Å²) in [6.07, 6.45) is 1.96. The van der Waals surface area contributed by atoms with Crippen molar-refractivity contribution in [3.63, 3.8) is 0 Å². The van der Waals surface area contributed by atoms with Crippen LogP contribution >= 0.6 is 11.5 Å². The molecule has 2 unspecified atom stereocenters. The molecule has 3 rings (SSSR count). The van der Waals surface area contributed by atoms with Crippen molar-refractivity contribution in [2.45, 2.75) is 12.2 Å². The van der Waals surface area contributed by atoms with Crippen LogP contribution in [0.2, 0.25) is 0 Å². The molecule has 0 radical (unpaired) electrons. The van der Waals surface area contributed by atoms with E-state index in [0.29, 0.717) is 18.9 Å². The minimum atomic E-state index is -0.731. The van der Waals surface area contributed by atoms with Gasteiger partial charge in [0.05, 0.1) is 17.8 Å². The summed E-state index contributed by atoms with van der Waals surface area (Å²) in [7, 11) is 0. The van der Waals surface area contributed by atoms with E-state index in [0.717, 1.165) is 16.1 Å². The Morgan fingerprint density at radius 3 is 2.68 bits per heavy atom. The van der Waals surface area contributed by atoms with Gasteiger partial charge in [0.15, 0.2) is 0 Å². The van der Waals surface area contributed by atoms with Crippen LogP contribution in [0.1, 0.15) is 0 Å². The first-order chi connectivity index (χ1) is 9.16. The molecule has 1 aliphatic heterocycles. The van der Waals surface area contributed by atoms with Crippen molar-refractivity contribution in [2.75, 3.05) is 23.7 Å². The Morgan fingerprint density at radius 1 is 1.32 bits per heavy atom. The molecule has 19 heavy (non-hydrogen) atoms. The topological polar surface area (TPSA) is 95.5 Å². The quantitative estimate of drug-likeness (QED) is 0.732. The summed E-state index contributed by atoms with van der Waals surface area (Å²) in [5, 5.41) is 20.2. The van der Waals surface area contributed by atoms with E-state index in [2.05, 4.69) is 9.36 Å². The lowest BCUT2D eigenvalue weighted by Crippen LogP contribution is -2.22. The van der Waals surface area contributed by atoms with Crippen LogP contribution in [0, 0.1) is 0 Å². The molecule has 0 aliphatic carbocycles. The van der Waals surface area contributed by atoms with E-state index in [1.807, 2.05) is 17.0 Å². The number of hydrogen-bond donors (Lipinski definition) is 3. The van der Waals surface area contributed by atoms with Gasteiger partial charge in [-0.1, -0.05) is 6.07 Å². The first-order valence-corrected chi connectivity index (χ1v) is 6.71. The predicted molar refractivity (Wildman–Crippen MR) is 74.0 cm³/mol. The SMILES string of the molecule is Nc1nsc(N2CC(O)C(O)C2)c1-c1cccnc1. The van der Waals surface area contributed by atoms with E-state index in [4.69, 9.17) is 5.73 Å². The summed E-state index contributed by atoms with van der Waals surface area (Å²) in [5.74, 6) is 0.448. The summed E-state index contributed by atoms with van der Waals surface area (Å²) in [6.45, 7) is 0.770. The number of aliphatic hydroxyl groups is 2. The summed E-state index contributed by atoms with van der Waals surface area (Å²) in [5.41, 5.74) is 7.64. The third-order valence-electron chi connectivity index (χ3n) is 3.20. The van der Waals surface area contributed by atoms with Crippen molar-refractivity contribution in [3.8, 4) is 11.1 Å². The molecule has 0 amide bonds. The maximum Gasteiger partial charge on any atom is 0.147 e. The number of nitrogens with zero attached hydrogens (tertiary/aromatic N) is 3. The maximum atomic E-state index is 9.65. The zero-order valence-electron chi connectivity index (χ0n) is 10.1. The van der Waals surface area contributed by atoms with Crippen molar-refractivity contribution in [2.24, 2.45) is 0 Å². The monoisotopic (exact) mass is 278 g/mol. The lowest BCUT2D eigenvalue weighted by Gasteiger charge is -2.16. The summed E-state index contributed by atoms with van der Waals surface area (Å²) >= 11 is 1.27. The highest BCUT2D eigenvalue weighted by atomic mass is 32.1. The number of hydrogen-bond acceptors (Lipinski definition) is 7. The number of β-amino-alcohol motifs (C(OH)–C–C–N with tert-alkyl or cyclic N) is 2. The molecule has 3 heterocycles. The van der Waals surface area contributed by atoms with E-state index in [1.54, 1.807) is 12.4 Å². The van der Waals surface area contributed by atoms with Gasteiger partial charge < -0.3 is 20.8 Å². The lowest BCUT2D eigenvalue weighted by atomic mass is 10.1. The van der Waals surface area contributed by atoms with Crippen LogP contribution in [0.3, 0.4) is 0 Å². The second kappa shape index (κ2) is 4.76. The molecular weight excluding hydrogens is 264 g/mol. The second-order valence-electron chi connectivity index (χ2n) is 4.53. The number of aliphatic hydroxyl groups excluding tert-OH is 2. The van der Waals surface area contributed by atoms with E-state index < -0.39 is 12.2 Å². The molecule has 0 spiro atoms. The van der Waals surface area contributed by atoms with Gasteiger partial charge in [-0.25, -0.2) is 0 Å². The lowest BCUT2D eigenvalue weighted by molar-refractivity contribution is 0.0572. The van der Waals surface area contributed by atoms with Gasteiger partial charge in [0.1, 0.15) is 10.8 Å². The van der Waals surface area contributed by atoms with Crippen LogP contribution in [0.5, 0.6) is 0 Å². The molecule has 1 saturated heterocycles. The number of nitrogens with two attached hydrogens (primary N) is 1. The van der Waals surface area contributed by atoms with Gasteiger partial charge in [-0.3, -0.25) is 4.98 Å². The molecular formula is C12H14N4O2S. The molecule has 4 N–H and O–H groups in total. The largest absolute Gasteiger partial charge is 0.389 e. The second-order valence-corrected chi connectivity index (χ2v) is 5.28. The van der Waals surface area contributed by atoms with E-state index >= 15 is 0 Å². The molecule has 6 nitrogen and oxygen atoms in total. The van der Waals surface area contributed by atoms with Crippen molar-refractivity contribution >= 4 is 22.4 Å².